The number of rotatable bonds is 6. The maximum absolute atomic E-state index is 11.7. The minimum Gasteiger partial charge on any atom is -0.465 e. The first-order valence-corrected chi connectivity index (χ1v) is 8.06. The summed E-state index contributed by atoms with van der Waals surface area (Å²) in [5.74, 6) is -0.0697. The minimum absolute atomic E-state index is 0.0697. The van der Waals surface area contributed by atoms with Gasteiger partial charge in [-0.15, -0.1) is 0 Å². The van der Waals surface area contributed by atoms with E-state index in [-0.39, 0.29) is 5.97 Å². The van der Waals surface area contributed by atoms with Crippen molar-refractivity contribution in [2.24, 2.45) is 5.73 Å². The SMILES string of the molecule is CCCCOC(=O)CN1CCC(N2CCC(N)CC2)C1. The van der Waals surface area contributed by atoms with Crippen LogP contribution >= 0.6 is 0 Å². The molecule has 2 heterocycles. The topological polar surface area (TPSA) is 58.8 Å². The second kappa shape index (κ2) is 7.96. The van der Waals surface area contributed by atoms with E-state index in [1.165, 1.54) is 0 Å². The van der Waals surface area contributed by atoms with Crippen molar-refractivity contribution in [1.29, 1.82) is 0 Å². The van der Waals surface area contributed by atoms with Gasteiger partial charge < -0.3 is 10.5 Å². The lowest BCUT2D eigenvalue weighted by atomic mass is 10.0. The zero-order valence-electron chi connectivity index (χ0n) is 12.7. The minimum atomic E-state index is -0.0697. The number of carbonyl (C=O) groups is 1. The van der Waals surface area contributed by atoms with Crippen LogP contribution in [0.5, 0.6) is 0 Å². The van der Waals surface area contributed by atoms with Crippen LogP contribution in [0.1, 0.15) is 39.0 Å². The average Bonchev–Trinajstić information content (AvgIpc) is 2.88. The Morgan fingerprint density at radius 2 is 2.00 bits per heavy atom. The maximum Gasteiger partial charge on any atom is 0.320 e. The standard InChI is InChI=1S/C15H29N3O2/c1-2-3-10-20-15(19)12-17-7-6-14(11-17)18-8-4-13(16)5-9-18/h13-14H,2-12,16H2,1H3. The van der Waals surface area contributed by atoms with Crippen molar-refractivity contribution in [1.82, 2.24) is 9.80 Å². The predicted molar refractivity (Wildman–Crippen MR) is 79.5 cm³/mol. The molecule has 2 saturated heterocycles. The summed E-state index contributed by atoms with van der Waals surface area (Å²) in [6.45, 7) is 7.35. The van der Waals surface area contributed by atoms with Crippen LogP contribution < -0.4 is 5.73 Å². The molecule has 2 fully saturated rings. The van der Waals surface area contributed by atoms with Crippen LogP contribution in [0, 0.1) is 0 Å². The number of nitrogens with two attached hydrogens (primary N) is 1. The van der Waals surface area contributed by atoms with Crippen molar-refractivity contribution < 1.29 is 9.53 Å². The first-order valence-electron chi connectivity index (χ1n) is 8.06. The lowest BCUT2D eigenvalue weighted by molar-refractivity contribution is -0.144. The lowest BCUT2D eigenvalue weighted by Crippen LogP contribution is -2.46. The Balaban J connectivity index is 1.66. The van der Waals surface area contributed by atoms with Crippen LogP contribution in [0.25, 0.3) is 0 Å². The summed E-state index contributed by atoms with van der Waals surface area (Å²) in [4.78, 5) is 16.5. The van der Waals surface area contributed by atoms with Crippen molar-refractivity contribution in [3.63, 3.8) is 0 Å². The normalized spacial score (nSPS) is 26.0. The fourth-order valence-corrected chi connectivity index (χ4v) is 3.10. The number of carbonyl (C=O) groups excluding carboxylic acids is 1. The number of hydrogen-bond acceptors (Lipinski definition) is 5. The molecular formula is C15H29N3O2. The van der Waals surface area contributed by atoms with E-state index >= 15 is 0 Å². The molecule has 0 amide bonds. The molecule has 1 atom stereocenters. The van der Waals surface area contributed by atoms with Crippen LogP contribution in [0.4, 0.5) is 0 Å². The Morgan fingerprint density at radius 3 is 2.70 bits per heavy atom. The van der Waals surface area contributed by atoms with Crippen LogP contribution in [0.3, 0.4) is 0 Å². The molecule has 0 aromatic heterocycles. The van der Waals surface area contributed by atoms with E-state index in [2.05, 4.69) is 16.7 Å². The first kappa shape index (κ1) is 15.7. The fourth-order valence-electron chi connectivity index (χ4n) is 3.10. The van der Waals surface area contributed by atoms with Gasteiger partial charge in [-0.3, -0.25) is 14.6 Å². The first-order chi connectivity index (χ1) is 9.69. The van der Waals surface area contributed by atoms with Gasteiger partial charge in [-0.05, 0) is 38.8 Å². The highest BCUT2D eigenvalue weighted by Gasteiger charge is 2.30. The number of nitrogens with zero attached hydrogens (tertiary/aromatic N) is 2. The summed E-state index contributed by atoms with van der Waals surface area (Å²) < 4.78 is 5.23. The smallest absolute Gasteiger partial charge is 0.320 e. The van der Waals surface area contributed by atoms with Gasteiger partial charge in [0.1, 0.15) is 0 Å². The summed E-state index contributed by atoms with van der Waals surface area (Å²) in [6, 6.07) is 0.989. The molecule has 2 aliphatic rings. The summed E-state index contributed by atoms with van der Waals surface area (Å²) >= 11 is 0. The molecular weight excluding hydrogens is 254 g/mol. The van der Waals surface area contributed by atoms with Gasteiger partial charge in [-0.1, -0.05) is 13.3 Å². The van der Waals surface area contributed by atoms with Gasteiger partial charge in [0.2, 0.25) is 0 Å². The van der Waals surface area contributed by atoms with E-state index in [0.29, 0.717) is 25.2 Å². The highest BCUT2D eigenvalue weighted by atomic mass is 16.5. The van der Waals surface area contributed by atoms with E-state index in [4.69, 9.17) is 10.5 Å². The number of likely N-dealkylation sites (tertiary alicyclic amines) is 2. The van der Waals surface area contributed by atoms with Crippen molar-refractivity contribution in [2.75, 3.05) is 39.3 Å². The molecule has 0 bridgehead atoms. The zero-order valence-corrected chi connectivity index (χ0v) is 12.7. The summed E-state index contributed by atoms with van der Waals surface area (Å²) in [5.41, 5.74) is 5.95. The van der Waals surface area contributed by atoms with E-state index in [0.717, 1.165) is 58.3 Å². The molecule has 0 aromatic rings. The van der Waals surface area contributed by atoms with Crippen LogP contribution in [-0.4, -0.2) is 67.2 Å². The molecule has 116 valence electrons. The highest BCUT2D eigenvalue weighted by molar-refractivity contribution is 5.71. The largest absolute Gasteiger partial charge is 0.465 e. The molecule has 0 radical (unpaired) electrons. The van der Waals surface area contributed by atoms with Gasteiger partial charge >= 0.3 is 5.97 Å². The predicted octanol–water partition coefficient (Wildman–Crippen LogP) is 0.827. The number of piperidine rings is 1. The highest BCUT2D eigenvalue weighted by Crippen LogP contribution is 2.19. The Bertz CT molecular complexity index is 303. The molecule has 0 aliphatic carbocycles. The molecule has 2 aliphatic heterocycles. The maximum atomic E-state index is 11.7. The van der Waals surface area contributed by atoms with Gasteiger partial charge in [0.25, 0.3) is 0 Å². The molecule has 0 aromatic carbocycles. The Kier molecular flexibility index (Phi) is 6.26. The third-order valence-corrected chi connectivity index (χ3v) is 4.45. The number of unbranched alkanes of at least 4 members (excludes halogenated alkanes) is 1. The van der Waals surface area contributed by atoms with Crippen molar-refractivity contribution in [3.8, 4) is 0 Å². The summed E-state index contributed by atoms with van der Waals surface area (Å²) in [7, 11) is 0. The second-order valence-electron chi connectivity index (χ2n) is 6.13. The quantitative estimate of drug-likeness (QED) is 0.578. The van der Waals surface area contributed by atoms with E-state index in [9.17, 15) is 4.79 Å². The second-order valence-corrected chi connectivity index (χ2v) is 6.13. The van der Waals surface area contributed by atoms with E-state index in [1.54, 1.807) is 0 Å². The number of hydrogen-bond donors (Lipinski definition) is 1. The molecule has 5 nitrogen and oxygen atoms in total. The average molecular weight is 283 g/mol. The fraction of sp³-hybridized carbons (Fsp3) is 0.933. The zero-order chi connectivity index (χ0) is 14.4. The van der Waals surface area contributed by atoms with Gasteiger partial charge in [-0.25, -0.2) is 0 Å². The van der Waals surface area contributed by atoms with Crippen LogP contribution in [0.15, 0.2) is 0 Å². The van der Waals surface area contributed by atoms with E-state index < -0.39 is 0 Å². The molecule has 2 rings (SSSR count). The Morgan fingerprint density at radius 1 is 1.25 bits per heavy atom. The molecule has 0 saturated carbocycles. The number of esters is 1. The summed E-state index contributed by atoms with van der Waals surface area (Å²) in [6.07, 6.45) is 5.40. The molecule has 5 heteroatoms. The van der Waals surface area contributed by atoms with Gasteiger partial charge in [0, 0.05) is 25.2 Å². The Hall–Kier alpha value is -0.650. The molecule has 2 N–H and O–H groups in total. The molecule has 0 spiro atoms. The van der Waals surface area contributed by atoms with Crippen molar-refractivity contribution >= 4 is 5.97 Å². The monoisotopic (exact) mass is 283 g/mol. The van der Waals surface area contributed by atoms with Crippen LogP contribution in [-0.2, 0) is 9.53 Å². The third-order valence-electron chi connectivity index (χ3n) is 4.45. The van der Waals surface area contributed by atoms with Gasteiger partial charge in [-0.2, -0.15) is 0 Å². The molecule has 1 unspecified atom stereocenters. The van der Waals surface area contributed by atoms with E-state index in [1.807, 2.05) is 0 Å². The Labute approximate surface area is 122 Å². The van der Waals surface area contributed by atoms with Crippen molar-refractivity contribution in [2.45, 2.75) is 51.1 Å². The molecule has 20 heavy (non-hydrogen) atoms. The van der Waals surface area contributed by atoms with Gasteiger partial charge in [0.15, 0.2) is 0 Å². The van der Waals surface area contributed by atoms with Gasteiger partial charge in [0.05, 0.1) is 13.2 Å². The third kappa shape index (κ3) is 4.72. The van der Waals surface area contributed by atoms with Crippen molar-refractivity contribution in [3.05, 3.63) is 0 Å². The van der Waals surface area contributed by atoms with Crippen LogP contribution in [0.2, 0.25) is 0 Å². The number of ether oxygens (including phenoxy) is 1. The lowest BCUT2D eigenvalue weighted by Gasteiger charge is -2.34. The summed E-state index contributed by atoms with van der Waals surface area (Å²) in [5, 5.41) is 0.